The molecule has 2 aromatic carbocycles. The highest BCUT2D eigenvalue weighted by Crippen LogP contribution is 2.26. The summed E-state index contributed by atoms with van der Waals surface area (Å²) in [4.78, 5) is 22.5. The number of para-hydroxylation sites is 4. The van der Waals surface area contributed by atoms with Crippen LogP contribution in [0.2, 0.25) is 0 Å². The molecule has 0 atom stereocenters. The average Bonchev–Trinajstić information content (AvgIpc) is 2.76. The van der Waals surface area contributed by atoms with Crippen molar-refractivity contribution in [3.63, 3.8) is 0 Å². The number of rotatable bonds is 15. The molecule has 0 radical (unpaired) electrons. The molecule has 34 heavy (non-hydrogen) atoms. The van der Waals surface area contributed by atoms with Gasteiger partial charge in [-0.25, -0.2) is 0 Å². The number of ether oxygens (including phenoxy) is 2. The number of allylic oxidation sites excluding steroid dienone is 4. The molecule has 0 aliphatic heterocycles. The van der Waals surface area contributed by atoms with E-state index in [1.165, 1.54) is 13.8 Å². The molecule has 0 saturated carbocycles. The van der Waals surface area contributed by atoms with Gasteiger partial charge in [-0.15, -0.1) is 0 Å². The van der Waals surface area contributed by atoms with E-state index < -0.39 is 0 Å². The number of anilines is 2. The lowest BCUT2D eigenvalue weighted by Crippen LogP contribution is -2.04. The lowest BCUT2D eigenvalue weighted by molar-refractivity contribution is -0.113. The highest BCUT2D eigenvalue weighted by molar-refractivity contribution is 5.89. The Labute approximate surface area is 203 Å². The van der Waals surface area contributed by atoms with E-state index >= 15 is 0 Å². The first kappa shape index (κ1) is 26.7. The van der Waals surface area contributed by atoms with Crippen molar-refractivity contribution in [2.45, 2.75) is 53.4 Å². The fraction of sp³-hybridized carbons (Fsp3) is 0.357. The second kappa shape index (κ2) is 14.6. The highest BCUT2D eigenvalue weighted by Gasteiger charge is 2.05. The molecule has 0 heterocycles. The maximum absolute atomic E-state index is 11.2. The molecule has 0 fully saturated rings. The maximum Gasteiger partial charge on any atom is 0.154 e. The Balaban J connectivity index is 1.69. The first-order valence-corrected chi connectivity index (χ1v) is 11.7. The van der Waals surface area contributed by atoms with E-state index in [1.807, 2.05) is 62.4 Å². The number of carbonyl (C=O) groups is 2. The van der Waals surface area contributed by atoms with E-state index in [0.717, 1.165) is 60.0 Å². The van der Waals surface area contributed by atoms with Crippen LogP contribution in [0.25, 0.3) is 0 Å². The summed E-state index contributed by atoms with van der Waals surface area (Å²) in [6, 6.07) is 15.5. The number of carbonyl (C=O) groups excluding carboxylic acids is 2. The van der Waals surface area contributed by atoms with Gasteiger partial charge in [-0.05, 0) is 89.8 Å². The molecule has 0 aliphatic carbocycles. The molecule has 2 aromatic rings. The molecule has 6 heteroatoms. The maximum atomic E-state index is 11.2. The molecule has 0 saturated heterocycles. The first-order valence-electron chi connectivity index (χ1n) is 11.7. The number of hydrogen-bond donors (Lipinski definition) is 2. The SMILES string of the molecule is CC(=O)/C=C(/C)Nc1ccccc1OCCCCCCOc1ccccc1N/C(C)=C\C(C)=O. The van der Waals surface area contributed by atoms with Crippen LogP contribution in [-0.2, 0) is 9.59 Å². The first-order chi connectivity index (χ1) is 16.3. The molecular weight excluding hydrogens is 428 g/mol. The molecule has 0 spiro atoms. The monoisotopic (exact) mass is 464 g/mol. The van der Waals surface area contributed by atoms with E-state index in [4.69, 9.17) is 9.47 Å². The van der Waals surface area contributed by atoms with E-state index in [-0.39, 0.29) is 11.6 Å². The second-order valence-corrected chi connectivity index (χ2v) is 8.23. The van der Waals surface area contributed by atoms with Gasteiger partial charge in [0.05, 0.1) is 24.6 Å². The Morgan fingerprint density at radius 3 is 1.41 bits per heavy atom. The van der Waals surface area contributed by atoms with Crippen molar-refractivity contribution >= 4 is 22.9 Å². The number of benzene rings is 2. The topological polar surface area (TPSA) is 76.7 Å². The van der Waals surface area contributed by atoms with Crippen LogP contribution in [0.3, 0.4) is 0 Å². The number of hydrogen-bond acceptors (Lipinski definition) is 6. The van der Waals surface area contributed by atoms with Gasteiger partial charge in [0.2, 0.25) is 0 Å². The summed E-state index contributed by atoms with van der Waals surface area (Å²) < 4.78 is 11.9. The lowest BCUT2D eigenvalue weighted by Gasteiger charge is -2.14. The largest absolute Gasteiger partial charge is 0.491 e. The van der Waals surface area contributed by atoms with Crippen LogP contribution in [0.15, 0.2) is 72.1 Å². The summed E-state index contributed by atoms with van der Waals surface area (Å²) in [5.41, 5.74) is 3.27. The minimum absolute atomic E-state index is 0.00654. The minimum Gasteiger partial charge on any atom is -0.491 e. The molecule has 0 bridgehead atoms. The standard InChI is InChI=1S/C28H36N2O4/c1-21(19-23(3)31)29-25-13-7-9-15-27(25)33-17-11-5-6-12-18-34-28-16-10-8-14-26(28)30-22(2)20-24(4)32/h7-10,13-16,19-20,29-30H,5-6,11-12,17-18H2,1-4H3/b21-19-,22-20-. The van der Waals surface area contributed by atoms with Crippen LogP contribution >= 0.6 is 0 Å². The third-order valence-electron chi connectivity index (χ3n) is 4.83. The van der Waals surface area contributed by atoms with E-state index in [9.17, 15) is 9.59 Å². The van der Waals surface area contributed by atoms with Crippen molar-refractivity contribution in [1.29, 1.82) is 0 Å². The summed E-state index contributed by atoms with van der Waals surface area (Å²) in [6.45, 7) is 8.04. The van der Waals surface area contributed by atoms with Crippen LogP contribution in [0.1, 0.15) is 53.4 Å². The lowest BCUT2D eigenvalue weighted by atomic mass is 10.2. The number of nitrogens with one attached hydrogen (secondary N) is 2. The van der Waals surface area contributed by atoms with Crippen LogP contribution < -0.4 is 20.1 Å². The summed E-state index contributed by atoms with van der Waals surface area (Å²) in [5, 5.41) is 6.45. The van der Waals surface area contributed by atoms with Crippen molar-refractivity contribution in [3.05, 3.63) is 72.1 Å². The molecule has 182 valence electrons. The summed E-state index contributed by atoms with van der Waals surface area (Å²) in [5.74, 6) is 1.57. The Morgan fingerprint density at radius 2 is 1.03 bits per heavy atom. The zero-order valence-corrected chi connectivity index (χ0v) is 20.6. The fourth-order valence-corrected chi connectivity index (χ4v) is 3.42. The molecule has 0 aliphatic rings. The number of ketones is 2. The molecule has 0 aromatic heterocycles. The third kappa shape index (κ3) is 10.4. The van der Waals surface area contributed by atoms with Gasteiger partial charge in [0.15, 0.2) is 11.6 Å². The Morgan fingerprint density at radius 1 is 0.647 bits per heavy atom. The van der Waals surface area contributed by atoms with Gasteiger partial charge < -0.3 is 20.1 Å². The van der Waals surface area contributed by atoms with Gasteiger partial charge in [-0.2, -0.15) is 0 Å². The minimum atomic E-state index is 0.00654. The molecule has 0 amide bonds. The summed E-state index contributed by atoms with van der Waals surface area (Å²) >= 11 is 0. The predicted octanol–water partition coefficient (Wildman–Crippen LogP) is 6.51. The van der Waals surface area contributed by atoms with Crippen molar-refractivity contribution in [3.8, 4) is 11.5 Å². The van der Waals surface area contributed by atoms with Gasteiger partial charge in [-0.3, -0.25) is 9.59 Å². The zero-order valence-electron chi connectivity index (χ0n) is 20.6. The molecule has 6 nitrogen and oxygen atoms in total. The Kier molecular flexibility index (Phi) is 11.5. The molecule has 0 unspecified atom stereocenters. The van der Waals surface area contributed by atoms with Crippen molar-refractivity contribution in [2.24, 2.45) is 0 Å². The molecule has 2 rings (SSSR count). The van der Waals surface area contributed by atoms with Crippen LogP contribution in [0.4, 0.5) is 11.4 Å². The fourth-order valence-electron chi connectivity index (χ4n) is 3.42. The van der Waals surface area contributed by atoms with Crippen molar-refractivity contribution in [2.75, 3.05) is 23.8 Å². The summed E-state index contributed by atoms with van der Waals surface area (Å²) in [6.07, 6.45) is 7.12. The van der Waals surface area contributed by atoms with Crippen molar-refractivity contribution < 1.29 is 19.1 Å². The predicted molar refractivity (Wildman–Crippen MR) is 138 cm³/mol. The van der Waals surface area contributed by atoms with E-state index in [0.29, 0.717) is 13.2 Å². The van der Waals surface area contributed by atoms with Gasteiger partial charge in [0.25, 0.3) is 0 Å². The van der Waals surface area contributed by atoms with Gasteiger partial charge in [-0.1, -0.05) is 24.3 Å². The smallest absolute Gasteiger partial charge is 0.154 e. The van der Waals surface area contributed by atoms with Gasteiger partial charge >= 0.3 is 0 Å². The molecular formula is C28H36N2O4. The van der Waals surface area contributed by atoms with Crippen molar-refractivity contribution in [1.82, 2.24) is 0 Å². The van der Waals surface area contributed by atoms with Gasteiger partial charge in [0, 0.05) is 11.4 Å². The average molecular weight is 465 g/mol. The Bertz CT molecular complexity index is 929. The zero-order chi connectivity index (χ0) is 24.8. The molecule has 2 N–H and O–H groups in total. The van der Waals surface area contributed by atoms with Crippen LogP contribution in [-0.4, -0.2) is 24.8 Å². The van der Waals surface area contributed by atoms with E-state index in [2.05, 4.69) is 10.6 Å². The normalized spacial score (nSPS) is 11.6. The number of unbranched alkanes of at least 4 members (excludes halogenated alkanes) is 3. The second-order valence-electron chi connectivity index (χ2n) is 8.23. The van der Waals surface area contributed by atoms with Crippen LogP contribution in [0.5, 0.6) is 11.5 Å². The Hall–Kier alpha value is -3.54. The third-order valence-corrected chi connectivity index (χ3v) is 4.83. The van der Waals surface area contributed by atoms with Gasteiger partial charge in [0.1, 0.15) is 11.5 Å². The highest BCUT2D eigenvalue weighted by atomic mass is 16.5. The van der Waals surface area contributed by atoms with E-state index in [1.54, 1.807) is 12.2 Å². The summed E-state index contributed by atoms with van der Waals surface area (Å²) in [7, 11) is 0. The van der Waals surface area contributed by atoms with Crippen LogP contribution in [0, 0.1) is 0 Å². The quantitative estimate of drug-likeness (QED) is 0.231.